The van der Waals surface area contributed by atoms with Gasteiger partial charge < -0.3 is 15.5 Å². The number of piperidine rings is 1. The van der Waals surface area contributed by atoms with Gasteiger partial charge in [0.15, 0.2) is 0 Å². The number of carbonyl (C=O) groups is 1. The fourth-order valence-electron chi connectivity index (χ4n) is 3.62. The van der Waals surface area contributed by atoms with Crippen LogP contribution in [0, 0.1) is 11.3 Å². The van der Waals surface area contributed by atoms with Gasteiger partial charge in [0.1, 0.15) is 0 Å². The van der Waals surface area contributed by atoms with Crippen LogP contribution in [0.5, 0.6) is 0 Å². The maximum Gasteiger partial charge on any atom is 0.416 e. The van der Waals surface area contributed by atoms with E-state index in [0.29, 0.717) is 5.69 Å². The van der Waals surface area contributed by atoms with Gasteiger partial charge in [-0.05, 0) is 56.0 Å². The number of alkyl halides is 3. The van der Waals surface area contributed by atoms with Gasteiger partial charge in [-0.3, -0.25) is 4.79 Å². The third-order valence-corrected chi connectivity index (χ3v) is 5.17. The zero-order valence-corrected chi connectivity index (χ0v) is 16.3. The van der Waals surface area contributed by atoms with E-state index in [4.69, 9.17) is 0 Å². The molecule has 2 aliphatic rings. The third-order valence-electron chi connectivity index (χ3n) is 5.17. The summed E-state index contributed by atoms with van der Waals surface area (Å²) in [7, 11) is 3.48. The molecule has 2 fully saturated rings. The Kier molecular flexibility index (Phi) is 7.24. The summed E-state index contributed by atoms with van der Waals surface area (Å²) in [6, 6.07) is 3.45. The Morgan fingerprint density at radius 3 is 2.38 bits per heavy atom. The van der Waals surface area contributed by atoms with E-state index in [1.165, 1.54) is 6.07 Å². The number of hydrogen-bond acceptors (Lipinski definition) is 3. The highest BCUT2D eigenvalue weighted by Crippen LogP contribution is 2.59. The largest absolute Gasteiger partial charge is 0.416 e. The Labute approximate surface area is 163 Å². The smallest absolute Gasteiger partial charge is 0.376 e. The van der Waals surface area contributed by atoms with Crippen LogP contribution >= 0.6 is 24.8 Å². The monoisotopic (exact) mass is 413 g/mol. The summed E-state index contributed by atoms with van der Waals surface area (Å²) in [4.78, 5) is 14.3. The quantitative estimate of drug-likeness (QED) is 0.788. The average molecular weight is 414 g/mol. The molecule has 4 nitrogen and oxygen atoms in total. The van der Waals surface area contributed by atoms with E-state index in [0.717, 1.165) is 44.5 Å². The molecule has 1 unspecified atom stereocenters. The van der Waals surface area contributed by atoms with Crippen LogP contribution in [0.4, 0.5) is 24.5 Å². The molecule has 1 saturated carbocycles. The maximum atomic E-state index is 13.0. The summed E-state index contributed by atoms with van der Waals surface area (Å²) >= 11 is 0. The lowest BCUT2D eigenvalue weighted by Crippen LogP contribution is -2.31. The highest BCUT2D eigenvalue weighted by Gasteiger charge is 2.57. The van der Waals surface area contributed by atoms with Crippen molar-refractivity contribution in [3.63, 3.8) is 0 Å². The predicted octanol–water partition coefficient (Wildman–Crippen LogP) is 3.94. The highest BCUT2D eigenvalue weighted by atomic mass is 35.5. The molecule has 1 atom stereocenters. The van der Waals surface area contributed by atoms with Crippen molar-refractivity contribution in [3.8, 4) is 0 Å². The molecule has 1 amide bonds. The number of rotatable bonds is 3. The maximum absolute atomic E-state index is 13.0. The fourth-order valence-corrected chi connectivity index (χ4v) is 3.62. The second-order valence-electron chi connectivity index (χ2n) is 6.98. The molecule has 148 valence electrons. The first kappa shape index (κ1) is 22.9. The van der Waals surface area contributed by atoms with Gasteiger partial charge in [-0.2, -0.15) is 13.2 Å². The molecule has 1 spiro atoms. The molecule has 0 bridgehead atoms. The van der Waals surface area contributed by atoms with Crippen molar-refractivity contribution in [3.05, 3.63) is 23.8 Å². The number of halogens is 5. The third kappa shape index (κ3) is 4.56. The lowest BCUT2D eigenvalue weighted by molar-refractivity contribution is -0.137. The van der Waals surface area contributed by atoms with Crippen LogP contribution in [0.25, 0.3) is 0 Å². The summed E-state index contributed by atoms with van der Waals surface area (Å²) in [6.45, 7) is 1.80. The minimum Gasteiger partial charge on any atom is -0.376 e. The van der Waals surface area contributed by atoms with Crippen LogP contribution in [-0.2, 0) is 11.0 Å². The number of hydrogen-bond donors (Lipinski definition) is 2. The minimum absolute atomic E-state index is 0. The first-order valence-corrected chi connectivity index (χ1v) is 8.13. The summed E-state index contributed by atoms with van der Waals surface area (Å²) in [6.07, 6.45) is -1.70. The molecule has 1 saturated heterocycles. The van der Waals surface area contributed by atoms with Gasteiger partial charge in [0.2, 0.25) is 5.91 Å². The molecule has 1 aliphatic carbocycles. The van der Waals surface area contributed by atoms with E-state index >= 15 is 0 Å². The van der Waals surface area contributed by atoms with Crippen LogP contribution in [0.2, 0.25) is 0 Å². The minimum atomic E-state index is -4.43. The Balaban J connectivity index is 0.00000169. The number of anilines is 2. The summed E-state index contributed by atoms with van der Waals surface area (Å²) in [5.74, 6) is -0.261. The summed E-state index contributed by atoms with van der Waals surface area (Å²) in [5.41, 5.74) is 0.0814. The average Bonchev–Trinajstić information content (AvgIpc) is 3.20. The van der Waals surface area contributed by atoms with E-state index in [9.17, 15) is 18.0 Å². The standard InChI is InChI=1S/C17H22F3N3O.2ClH/c1-23(2)14-4-3-11(17(18,19)20)9-13(14)22-15(24)12-10-16(12)5-7-21-8-6-16;;/h3-4,9,12,21H,5-8,10H2,1-2H3,(H,22,24);2*1H. The molecule has 1 heterocycles. The fraction of sp³-hybridized carbons (Fsp3) is 0.588. The van der Waals surface area contributed by atoms with E-state index < -0.39 is 11.7 Å². The van der Waals surface area contributed by atoms with E-state index in [-0.39, 0.29) is 47.7 Å². The van der Waals surface area contributed by atoms with Crippen LogP contribution in [-0.4, -0.2) is 33.1 Å². The molecule has 0 aromatic heterocycles. The van der Waals surface area contributed by atoms with Gasteiger partial charge in [0.25, 0.3) is 0 Å². The van der Waals surface area contributed by atoms with Gasteiger partial charge in [-0.25, -0.2) is 0 Å². The predicted molar refractivity (Wildman–Crippen MR) is 102 cm³/mol. The van der Waals surface area contributed by atoms with Crippen LogP contribution in [0.1, 0.15) is 24.8 Å². The number of amides is 1. The molecule has 2 N–H and O–H groups in total. The van der Waals surface area contributed by atoms with E-state index in [1.54, 1.807) is 19.0 Å². The number of benzene rings is 1. The Morgan fingerprint density at radius 1 is 1.23 bits per heavy atom. The molecule has 0 radical (unpaired) electrons. The normalized spacial score (nSPS) is 20.6. The van der Waals surface area contributed by atoms with Crippen molar-refractivity contribution >= 4 is 42.1 Å². The van der Waals surface area contributed by atoms with E-state index in [2.05, 4.69) is 10.6 Å². The molecule has 9 heteroatoms. The lowest BCUT2D eigenvalue weighted by atomic mass is 9.91. The number of nitrogens with zero attached hydrogens (tertiary/aromatic N) is 1. The molecule has 1 aliphatic heterocycles. The van der Waals surface area contributed by atoms with Gasteiger partial charge in [-0.15, -0.1) is 24.8 Å². The van der Waals surface area contributed by atoms with Gasteiger partial charge >= 0.3 is 6.18 Å². The van der Waals surface area contributed by atoms with Crippen LogP contribution in [0.3, 0.4) is 0 Å². The molecule has 26 heavy (non-hydrogen) atoms. The van der Waals surface area contributed by atoms with Crippen LogP contribution in [0.15, 0.2) is 18.2 Å². The molecule has 3 rings (SSSR count). The molecule has 1 aromatic carbocycles. The second kappa shape index (κ2) is 8.23. The van der Waals surface area contributed by atoms with Gasteiger partial charge in [0.05, 0.1) is 16.9 Å². The first-order chi connectivity index (χ1) is 11.2. The van der Waals surface area contributed by atoms with Crippen molar-refractivity contribution in [1.29, 1.82) is 0 Å². The van der Waals surface area contributed by atoms with Gasteiger partial charge in [-0.1, -0.05) is 0 Å². The molecular weight excluding hydrogens is 390 g/mol. The topological polar surface area (TPSA) is 44.4 Å². The number of nitrogens with one attached hydrogen (secondary N) is 2. The summed E-state index contributed by atoms with van der Waals surface area (Å²) in [5, 5.41) is 6.01. The zero-order valence-electron chi connectivity index (χ0n) is 14.7. The Bertz CT molecular complexity index is 647. The lowest BCUT2D eigenvalue weighted by Gasteiger charge is -2.24. The van der Waals surface area contributed by atoms with Crippen molar-refractivity contribution in [2.75, 3.05) is 37.4 Å². The number of carbonyl (C=O) groups excluding carboxylic acids is 1. The van der Waals surface area contributed by atoms with Crippen molar-refractivity contribution in [2.45, 2.75) is 25.4 Å². The van der Waals surface area contributed by atoms with Gasteiger partial charge in [0, 0.05) is 20.0 Å². The zero-order chi connectivity index (χ0) is 17.5. The Morgan fingerprint density at radius 2 is 1.85 bits per heavy atom. The van der Waals surface area contributed by atoms with Crippen molar-refractivity contribution in [1.82, 2.24) is 5.32 Å². The summed E-state index contributed by atoms with van der Waals surface area (Å²) < 4.78 is 38.9. The van der Waals surface area contributed by atoms with Crippen molar-refractivity contribution in [2.24, 2.45) is 11.3 Å². The Hall–Kier alpha value is -1.18. The first-order valence-electron chi connectivity index (χ1n) is 8.13. The van der Waals surface area contributed by atoms with Crippen molar-refractivity contribution < 1.29 is 18.0 Å². The molecular formula is C17H24Cl2F3N3O. The molecule has 1 aromatic rings. The second-order valence-corrected chi connectivity index (χ2v) is 6.98. The SMILES string of the molecule is CN(C)c1ccc(C(F)(F)F)cc1NC(=O)C1CC12CCNCC2.Cl.Cl. The highest BCUT2D eigenvalue weighted by molar-refractivity contribution is 5.98. The van der Waals surface area contributed by atoms with E-state index in [1.807, 2.05) is 0 Å². The van der Waals surface area contributed by atoms with Crippen LogP contribution < -0.4 is 15.5 Å².